The molecule has 1 saturated carbocycles. The van der Waals surface area contributed by atoms with Crippen LogP contribution < -0.4 is 10.1 Å². The van der Waals surface area contributed by atoms with Crippen LogP contribution in [0.3, 0.4) is 0 Å². The summed E-state index contributed by atoms with van der Waals surface area (Å²) in [6.45, 7) is 4.65. The lowest BCUT2D eigenvalue weighted by Crippen LogP contribution is -2.30. The highest BCUT2D eigenvalue weighted by Gasteiger charge is 2.18. The minimum absolute atomic E-state index is 0.0650. The number of rotatable bonds is 5. The fraction of sp³-hybridized carbons (Fsp3) is 0.533. The standard InChI is InChI=1S/C15H20BrNO2/c1-10(2)17-15(18)12-6-13(16)8-14(7-12)19-9-11-4-3-5-11/h6-8,10-11H,3-5,9H2,1-2H3,(H,17,18). The molecule has 0 aromatic heterocycles. The molecule has 1 aliphatic rings. The summed E-state index contributed by atoms with van der Waals surface area (Å²) in [6, 6.07) is 5.66. The molecular weight excluding hydrogens is 306 g/mol. The molecule has 0 atom stereocenters. The number of hydrogen-bond acceptors (Lipinski definition) is 2. The summed E-state index contributed by atoms with van der Waals surface area (Å²) in [4.78, 5) is 12.0. The van der Waals surface area contributed by atoms with Crippen LogP contribution in [-0.4, -0.2) is 18.6 Å². The summed E-state index contributed by atoms with van der Waals surface area (Å²) in [5, 5.41) is 2.89. The van der Waals surface area contributed by atoms with Crippen molar-refractivity contribution < 1.29 is 9.53 Å². The first kappa shape index (κ1) is 14.4. The first-order valence-electron chi connectivity index (χ1n) is 6.79. The lowest BCUT2D eigenvalue weighted by atomic mass is 9.86. The van der Waals surface area contributed by atoms with Gasteiger partial charge < -0.3 is 10.1 Å². The summed E-state index contributed by atoms with van der Waals surface area (Å²) < 4.78 is 6.64. The Hall–Kier alpha value is -1.03. The lowest BCUT2D eigenvalue weighted by molar-refractivity contribution is 0.0942. The van der Waals surface area contributed by atoms with E-state index in [2.05, 4.69) is 21.2 Å². The van der Waals surface area contributed by atoms with Gasteiger partial charge in [0.15, 0.2) is 0 Å². The smallest absolute Gasteiger partial charge is 0.251 e. The van der Waals surface area contributed by atoms with Crippen molar-refractivity contribution in [1.82, 2.24) is 5.32 Å². The number of halogens is 1. The maximum atomic E-state index is 12.0. The Labute approximate surface area is 122 Å². The number of hydrogen-bond donors (Lipinski definition) is 1. The van der Waals surface area contributed by atoms with Crippen molar-refractivity contribution in [2.75, 3.05) is 6.61 Å². The number of carbonyl (C=O) groups is 1. The van der Waals surface area contributed by atoms with Crippen molar-refractivity contribution in [1.29, 1.82) is 0 Å². The molecule has 3 nitrogen and oxygen atoms in total. The van der Waals surface area contributed by atoms with Gasteiger partial charge in [0.1, 0.15) is 5.75 Å². The number of nitrogens with one attached hydrogen (secondary N) is 1. The molecule has 104 valence electrons. The number of amides is 1. The molecule has 0 unspecified atom stereocenters. The first-order chi connectivity index (χ1) is 9.04. The molecule has 1 aromatic carbocycles. The average Bonchev–Trinajstić information content (AvgIpc) is 2.25. The molecule has 4 heteroatoms. The monoisotopic (exact) mass is 325 g/mol. The molecule has 0 bridgehead atoms. The van der Waals surface area contributed by atoms with E-state index in [0.717, 1.165) is 16.8 Å². The van der Waals surface area contributed by atoms with Gasteiger partial charge in [0.05, 0.1) is 6.61 Å². The number of ether oxygens (including phenoxy) is 1. The van der Waals surface area contributed by atoms with Crippen LogP contribution in [0.2, 0.25) is 0 Å². The average molecular weight is 326 g/mol. The molecule has 0 aliphatic heterocycles. The molecule has 19 heavy (non-hydrogen) atoms. The van der Waals surface area contributed by atoms with Crippen LogP contribution >= 0.6 is 15.9 Å². The van der Waals surface area contributed by atoms with Gasteiger partial charge in [0, 0.05) is 16.1 Å². The molecule has 0 radical (unpaired) electrons. The van der Waals surface area contributed by atoms with Gasteiger partial charge in [-0.2, -0.15) is 0 Å². The van der Waals surface area contributed by atoms with E-state index in [1.807, 2.05) is 26.0 Å². The molecule has 0 saturated heterocycles. The van der Waals surface area contributed by atoms with E-state index in [1.165, 1.54) is 19.3 Å². The lowest BCUT2D eigenvalue weighted by Gasteiger charge is -2.25. The maximum absolute atomic E-state index is 12.0. The van der Waals surface area contributed by atoms with Gasteiger partial charge >= 0.3 is 0 Å². The van der Waals surface area contributed by atoms with Crippen molar-refractivity contribution in [3.8, 4) is 5.75 Å². The second-order valence-electron chi connectivity index (χ2n) is 5.41. The quantitative estimate of drug-likeness (QED) is 0.894. The third-order valence-electron chi connectivity index (χ3n) is 3.26. The predicted molar refractivity (Wildman–Crippen MR) is 79.6 cm³/mol. The van der Waals surface area contributed by atoms with Crippen LogP contribution in [0.25, 0.3) is 0 Å². The van der Waals surface area contributed by atoms with Gasteiger partial charge in [0.25, 0.3) is 5.91 Å². The van der Waals surface area contributed by atoms with Crippen molar-refractivity contribution in [3.63, 3.8) is 0 Å². The van der Waals surface area contributed by atoms with E-state index in [0.29, 0.717) is 11.5 Å². The second-order valence-corrected chi connectivity index (χ2v) is 6.33. The third kappa shape index (κ3) is 4.23. The molecule has 0 spiro atoms. The Morgan fingerprint density at radius 1 is 1.42 bits per heavy atom. The van der Waals surface area contributed by atoms with Crippen LogP contribution in [0.1, 0.15) is 43.5 Å². The zero-order valence-electron chi connectivity index (χ0n) is 11.4. The van der Waals surface area contributed by atoms with Gasteiger partial charge in [-0.05, 0) is 50.8 Å². The molecule has 1 fully saturated rings. The normalized spacial score (nSPS) is 15.2. The van der Waals surface area contributed by atoms with Gasteiger partial charge in [-0.15, -0.1) is 0 Å². The number of benzene rings is 1. The van der Waals surface area contributed by atoms with Gasteiger partial charge in [-0.3, -0.25) is 4.79 Å². The molecule has 2 rings (SSSR count). The number of carbonyl (C=O) groups excluding carboxylic acids is 1. The minimum Gasteiger partial charge on any atom is -0.493 e. The van der Waals surface area contributed by atoms with Gasteiger partial charge in [-0.1, -0.05) is 22.4 Å². The molecule has 1 N–H and O–H groups in total. The van der Waals surface area contributed by atoms with E-state index < -0.39 is 0 Å². The van der Waals surface area contributed by atoms with E-state index in [4.69, 9.17) is 4.74 Å². The van der Waals surface area contributed by atoms with Crippen LogP contribution in [0.5, 0.6) is 5.75 Å². The summed E-state index contributed by atoms with van der Waals surface area (Å²) in [7, 11) is 0. The fourth-order valence-electron chi connectivity index (χ4n) is 2.00. The summed E-state index contributed by atoms with van der Waals surface area (Å²) in [6.07, 6.45) is 3.83. The Morgan fingerprint density at radius 3 is 2.74 bits per heavy atom. The van der Waals surface area contributed by atoms with Crippen LogP contribution in [0.15, 0.2) is 22.7 Å². The third-order valence-corrected chi connectivity index (χ3v) is 3.72. The summed E-state index contributed by atoms with van der Waals surface area (Å²) in [5.74, 6) is 1.38. The van der Waals surface area contributed by atoms with Crippen molar-refractivity contribution in [2.45, 2.75) is 39.2 Å². The van der Waals surface area contributed by atoms with Gasteiger partial charge in [0.2, 0.25) is 0 Å². The zero-order valence-corrected chi connectivity index (χ0v) is 13.0. The molecule has 0 heterocycles. The summed E-state index contributed by atoms with van der Waals surface area (Å²) >= 11 is 3.43. The highest BCUT2D eigenvalue weighted by Crippen LogP contribution is 2.28. The first-order valence-corrected chi connectivity index (χ1v) is 7.58. The molecule has 1 amide bonds. The molecule has 1 aromatic rings. The van der Waals surface area contributed by atoms with Crippen LogP contribution in [0.4, 0.5) is 0 Å². The maximum Gasteiger partial charge on any atom is 0.251 e. The molecular formula is C15H20BrNO2. The topological polar surface area (TPSA) is 38.3 Å². The summed E-state index contributed by atoms with van der Waals surface area (Å²) in [5.41, 5.74) is 0.631. The Bertz CT molecular complexity index is 455. The SMILES string of the molecule is CC(C)NC(=O)c1cc(Br)cc(OCC2CCC2)c1. The van der Waals surface area contributed by atoms with E-state index >= 15 is 0 Å². The van der Waals surface area contributed by atoms with Crippen molar-refractivity contribution >= 4 is 21.8 Å². The van der Waals surface area contributed by atoms with E-state index in [1.54, 1.807) is 6.07 Å². The van der Waals surface area contributed by atoms with Crippen LogP contribution in [0, 0.1) is 5.92 Å². The van der Waals surface area contributed by atoms with Crippen molar-refractivity contribution in [2.24, 2.45) is 5.92 Å². The molecule has 1 aliphatic carbocycles. The highest BCUT2D eigenvalue weighted by atomic mass is 79.9. The van der Waals surface area contributed by atoms with Gasteiger partial charge in [-0.25, -0.2) is 0 Å². The minimum atomic E-state index is -0.0650. The highest BCUT2D eigenvalue weighted by molar-refractivity contribution is 9.10. The van der Waals surface area contributed by atoms with Crippen molar-refractivity contribution in [3.05, 3.63) is 28.2 Å². The van der Waals surface area contributed by atoms with E-state index in [9.17, 15) is 4.79 Å². The Balaban J connectivity index is 2.02. The fourth-order valence-corrected chi connectivity index (χ4v) is 2.47. The van der Waals surface area contributed by atoms with E-state index in [-0.39, 0.29) is 11.9 Å². The predicted octanol–water partition coefficient (Wildman–Crippen LogP) is 3.77. The van der Waals surface area contributed by atoms with Crippen LogP contribution in [-0.2, 0) is 0 Å². The second kappa shape index (κ2) is 6.42. The zero-order chi connectivity index (χ0) is 13.8. The Kier molecular flexibility index (Phi) is 4.86. The largest absolute Gasteiger partial charge is 0.493 e. The Morgan fingerprint density at radius 2 is 2.16 bits per heavy atom.